The van der Waals surface area contributed by atoms with Crippen LogP contribution in [-0.4, -0.2) is 29.8 Å². The molecule has 0 atom stereocenters. The third kappa shape index (κ3) is 4.35. The first-order valence-electron chi connectivity index (χ1n) is 7.61. The summed E-state index contributed by atoms with van der Waals surface area (Å²) in [6.07, 6.45) is 0. The van der Waals surface area contributed by atoms with Gasteiger partial charge in [-0.2, -0.15) is 4.98 Å². The molecule has 2 aromatic carbocycles. The number of anilines is 1. The molecule has 0 fully saturated rings. The van der Waals surface area contributed by atoms with E-state index in [1.165, 1.54) is 0 Å². The van der Waals surface area contributed by atoms with Crippen LogP contribution in [0, 0.1) is 6.92 Å². The third-order valence-corrected chi connectivity index (χ3v) is 3.37. The number of nitrogens with one attached hydrogen (secondary N) is 1. The Kier molecular flexibility index (Phi) is 4.94. The molecule has 3 rings (SSSR count). The molecule has 0 aliphatic carbocycles. The highest BCUT2D eigenvalue weighted by Gasteiger charge is 2.12. The Morgan fingerprint density at radius 2 is 1.92 bits per heavy atom. The number of aryl methyl sites for hydroxylation is 1. The SMILES string of the molecule is COc1ccc(OCC(=O)Nc2noc(-c3cccc(C)c3)n2)cc1. The van der Waals surface area contributed by atoms with Gasteiger partial charge in [-0.3, -0.25) is 10.1 Å². The Morgan fingerprint density at radius 1 is 1.16 bits per heavy atom. The normalized spacial score (nSPS) is 10.3. The molecule has 0 saturated heterocycles. The van der Waals surface area contributed by atoms with Crippen LogP contribution in [0.4, 0.5) is 5.95 Å². The summed E-state index contributed by atoms with van der Waals surface area (Å²) in [5, 5.41) is 6.28. The Morgan fingerprint density at radius 3 is 2.64 bits per heavy atom. The first-order chi connectivity index (χ1) is 12.1. The van der Waals surface area contributed by atoms with Crippen molar-refractivity contribution < 1.29 is 18.8 Å². The lowest BCUT2D eigenvalue weighted by Crippen LogP contribution is -2.20. The van der Waals surface area contributed by atoms with Gasteiger partial charge in [0.2, 0.25) is 0 Å². The molecule has 0 unspecified atom stereocenters. The molecule has 1 heterocycles. The Bertz CT molecular complexity index is 859. The van der Waals surface area contributed by atoms with Gasteiger partial charge in [0.05, 0.1) is 7.11 Å². The second kappa shape index (κ2) is 7.48. The van der Waals surface area contributed by atoms with Crippen LogP contribution in [0.5, 0.6) is 11.5 Å². The summed E-state index contributed by atoms with van der Waals surface area (Å²) in [5.74, 6) is 1.33. The maximum absolute atomic E-state index is 11.9. The largest absolute Gasteiger partial charge is 0.497 e. The van der Waals surface area contributed by atoms with Crippen molar-refractivity contribution in [2.24, 2.45) is 0 Å². The lowest BCUT2D eigenvalue weighted by atomic mass is 10.1. The van der Waals surface area contributed by atoms with Gasteiger partial charge in [-0.1, -0.05) is 17.7 Å². The number of carbonyl (C=O) groups is 1. The van der Waals surface area contributed by atoms with Gasteiger partial charge in [-0.15, -0.1) is 0 Å². The number of amides is 1. The molecule has 1 amide bonds. The lowest BCUT2D eigenvalue weighted by Gasteiger charge is -2.06. The molecule has 0 saturated carbocycles. The number of methoxy groups -OCH3 is 1. The zero-order valence-electron chi connectivity index (χ0n) is 13.9. The van der Waals surface area contributed by atoms with Gasteiger partial charge in [0, 0.05) is 5.56 Å². The van der Waals surface area contributed by atoms with E-state index in [9.17, 15) is 4.79 Å². The second-order valence-corrected chi connectivity index (χ2v) is 5.30. The van der Waals surface area contributed by atoms with Crippen LogP contribution in [0.3, 0.4) is 0 Å². The molecule has 128 valence electrons. The summed E-state index contributed by atoms with van der Waals surface area (Å²) in [7, 11) is 1.58. The van der Waals surface area contributed by atoms with Gasteiger partial charge in [0.15, 0.2) is 6.61 Å². The maximum atomic E-state index is 11.9. The fourth-order valence-electron chi connectivity index (χ4n) is 2.15. The molecular formula is C18H17N3O4. The standard InChI is InChI=1S/C18H17N3O4/c1-12-4-3-5-13(10-12)17-20-18(21-25-17)19-16(22)11-24-15-8-6-14(23-2)7-9-15/h3-10H,11H2,1-2H3,(H,19,21,22). The summed E-state index contributed by atoms with van der Waals surface area (Å²) in [6.45, 7) is 1.81. The quantitative estimate of drug-likeness (QED) is 0.743. The van der Waals surface area contributed by atoms with Crippen molar-refractivity contribution >= 4 is 11.9 Å². The topological polar surface area (TPSA) is 86.5 Å². The van der Waals surface area contributed by atoms with Crippen molar-refractivity contribution in [1.82, 2.24) is 10.1 Å². The van der Waals surface area contributed by atoms with E-state index >= 15 is 0 Å². The van der Waals surface area contributed by atoms with Crippen LogP contribution in [0.1, 0.15) is 5.56 Å². The number of hydrogen-bond donors (Lipinski definition) is 1. The Balaban J connectivity index is 1.56. The highest BCUT2D eigenvalue weighted by molar-refractivity contribution is 5.90. The summed E-state index contributed by atoms with van der Waals surface area (Å²) in [5.41, 5.74) is 1.87. The zero-order chi connectivity index (χ0) is 17.6. The van der Waals surface area contributed by atoms with E-state index in [-0.39, 0.29) is 18.5 Å². The van der Waals surface area contributed by atoms with Crippen molar-refractivity contribution in [3.8, 4) is 23.0 Å². The van der Waals surface area contributed by atoms with Crippen molar-refractivity contribution in [2.45, 2.75) is 6.92 Å². The molecule has 1 aromatic heterocycles. The van der Waals surface area contributed by atoms with Gasteiger partial charge in [0.25, 0.3) is 17.7 Å². The van der Waals surface area contributed by atoms with Crippen LogP contribution in [0.15, 0.2) is 53.1 Å². The summed E-state index contributed by atoms with van der Waals surface area (Å²) >= 11 is 0. The van der Waals surface area contributed by atoms with Gasteiger partial charge in [-0.05, 0) is 48.5 Å². The van der Waals surface area contributed by atoms with Crippen molar-refractivity contribution in [3.63, 3.8) is 0 Å². The number of nitrogens with zero attached hydrogens (tertiary/aromatic N) is 2. The van der Waals surface area contributed by atoms with E-state index in [2.05, 4.69) is 15.5 Å². The molecule has 25 heavy (non-hydrogen) atoms. The van der Waals surface area contributed by atoms with Crippen LogP contribution in [0.2, 0.25) is 0 Å². The third-order valence-electron chi connectivity index (χ3n) is 3.37. The van der Waals surface area contributed by atoms with Crippen LogP contribution in [0.25, 0.3) is 11.5 Å². The number of carbonyl (C=O) groups excluding carboxylic acids is 1. The molecule has 1 N–H and O–H groups in total. The maximum Gasteiger partial charge on any atom is 0.270 e. The number of ether oxygens (including phenoxy) is 2. The van der Waals surface area contributed by atoms with Crippen molar-refractivity contribution in [2.75, 3.05) is 19.0 Å². The first-order valence-corrected chi connectivity index (χ1v) is 7.61. The molecule has 0 spiro atoms. The fraction of sp³-hybridized carbons (Fsp3) is 0.167. The first kappa shape index (κ1) is 16.5. The molecule has 3 aromatic rings. The Hall–Kier alpha value is -3.35. The van der Waals surface area contributed by atoms with Crippen molar-refractivity contribution in [1.29, 1.82) is 0 Å². The summed E-state index contributed by atoms with van der Waals surface area (Å²) in [6, 6.07) is 14.6. The van der Waals surface area contributed by atoms with Gasteiger partial charge in [-0.25, -0.2) is 0 Å². The minimum atomic E-state index is -0.382. The Labute approximate surface area is 144 Å². The molecule has 0 aliphatic rings. The molecule has 0 aliphatic heterocycles. The minimum absolute atomic E-state index is 0.0971. The molecule has 7 heteroatoms. The van der Waals surface area contributed by atoms with Gasteiger partial charge < -0.3 is 14.0 Å². The number of aromatic nitrogens is 2. The van der Waals surface area contributed by atoms with E-state index in [0.717, 1.165) is 11.1 Å². The summed E-state index contributed by atoms with van der Waals surface area (Å²) in [4.78, 5) is 16.1. The number of benzene rings is 2. The predicted octanol–water partition coefficient (Wildman–Crippen LogP) is 3.07. The van der Waals surface area contributed by atoms with Crippen molar-refractivity contribution in [3.05, 3.63) is 54.1 Å². The zero-order valence-corrected chi connectivity index (χ0v) is 13.9. The fourth-order valence-corrected chi connectivity index (χ4v) is 2.15. The monoisotopic (exact) mass is 339 g/mol. The lowest BCUT2D eigenvalue weighted by molar-refractivity contribution is -0.118. The minimum Gasteiger partial charge on any atom is -0.497 e. The average molecular weight is 339 g/mol. The molecular weight excluding hydrogens is 322 g/mol. The van der Waals surface area contributed by atoms with E-state index in [1.807, 2.05) is 31.2 Å². The predicted molar refractivity (Wildman–Crippen MR) is 91.6 cm³/mol. The van der Waals surface area contributed by atoms with E-state index in [4.69, 9.17) is 14.0 Å². The molecule has 7 nitrogen and oxygen atoms in total. The molecule has 0 radical (unpaired) electrons. The van der Waals surface area contributed by atoms with E-state index in [0.29, 0.717) is 17.4 Å². The van der Waals surface area contributed by atoms with Crippen LogP contribution >= 0.6 is 0 Å². The van der Waals surface area contributed by atoms with Gasteiger partial charge >= 0.3 is 0 Å². The van der Waals surface area contributed by atoms with Crippen LogP contribution < -0.4 is 14.8 Å². The highest BCUT2D eigenvalue weighted by atomic mass is 16.5. The molecule has 0 bridgehead atoms. The van der Waals surface area contributed by atoms with Crippen LogP contribution in [-0.2, 0) is 4.79 Å². The number of rotatable bonds is 6. The smallest absolute Gasteiger partial charge is 0.270 e. The second-order valence-electron chi connectivity index (χ2n) is 5.30. The van der Waals surface area contributed by atoms with Gasteiger partial charge in [0.1, 0.15) is 11.5 Å². The highest BCUT2D eigenvalue weighted by Crippen LogP contribution is 2.20. The van der Waals surface area contributed by atoms with E-state index < -0.39 is 0 Å². The van der Waals surface area contributed by atoms with E-state index in [1.54, 1.807) is 31.4 Å². The summed E-state index contributed by atoms with van der Waals surface area (Å²) < 4.78 is 15.6. The average Bonchev–Trinajstić information content (AvgIpc) is 3.09. The number of hydrogen-bond acceptors (Lipinski definition) is 6.